The summed E-state index contributed by atoms with van der Waals surface area (Å²) in [4.78, 5) is 0. The van der Waals surface area contributed by atoms with Crippen LogP contribution in [-0.2, 0) is 155 Å². The van der Waals surface area contributed by atoms with Gasteiger partial charge in [-0.05, 0) is 0 Å². The van der Waals surface area contributed by atoms with Gasteiger partial charge in [0, 0.05) is 126 Å². The molecule has 324 valence electrons. The van der Waals surface area contributed by atoms with Crippen LogP contribution in [0.5, 0.6) is 0 Å². The molecule has 0 aromatic carbocycles. The van der Waals surface area contributed by atoms with Crippen LogP contribution < -0.4 is 0 Å². The van der Waals surface area contributed by atoms with Crippen LogP contribution in [0.15, 0.2) is 0 Å². The molecule has 0 atom stereocenters. The topological polar surface area (TPSA) is 55.4 Å². The minimum atomic E-state index is -0.00740. The summed E-state index contributed by atoms with van der Waals surface area (Å²) in [5.74, 6) is 8.08. The molecule has 0 N–H and O–H groups in total. The summed E-state index contributed by atoms with van der Waals surface area (Å²) in [7, 11) is 0. The second kappa shape index (κ2) is 37.6. The summed E-state index contributed by atoms with van der Waals surface area (Å²) >= 11 is 0. The van der Waals surface area contributed by atoms with E-state index in [4.69, 9.17) is 28.4 Å². The van der Waals surface area contributed by atoms with E-state index in [9.17, 15) is 0 Å². The van der Waals surface area contributed by atoms with Gasteiger partial charge in [-0.25, -0.2) is 0 Å². The summed E-state index contributed by atoms with van der Waals surface area (Å²) in [5, 5.41) is 0. The normalized spacial score (nSPS) is 19.5. The van der Waals surface area contributed by atoms with E-state index in [1.54, 1.807) is 0 Å². The van der Waals surface area contributed by atoms with Crippen LogP contribution >= 0.6 is 0 Å². The monoisotopic (exact) mass is 1770 g/mol. The molecule has 12 heteroatoms. The van der Waals surface area contributed by atoms with Gasteiger partial charge in [-0.2, -0.15) is 23.7 Å². The Labute approximate surface area is 418 Å². The van der Waals surface area contributed by atoms with E-state index in [-0.39, 0.29) is 191 Å². The van der Waals surface area contributed by atoms with Crippen molar-refractivity contribution in [1.82, 2.24) is 0 Å². The maximum absolute atomic E-state index is 6.24. The average molecular weight is 1770 g/mol. The summed E-state index contributed by atoms with van der Waals surface area (Å²) in [6.45, 7) is 31.5. The quantitative estimate of drug-likeness (QED) is 0.257. The standard InChI is InChI=1S/C37H66O6.4CH4.6W/c1-34(2,3)17-30-13-28-15-32(36(7,8)9)23-42-27-43-24-33(37(10,11)12)16-29(20-39-25-38-19-28)14-31(18-35(4,5)6)22-41-26-40-21-30;;;;;;;;;;/h13-27H2,1-12H3;4*1H4;;;;;;/q-6;;;;;;;;;;. The molecule has 0 aromatic rings. The van der Waals surface area contributed by atoms with Gasteiger partial charge in [0.25, 0.3) is 0 Å². The zero-order chi connectivity index (χ0) is 32.3. The van der Waals surface area contributed by atoms with E-state index >= 15 is 0 Å². The Morgan fingerprint density at radius 2 is 0.604 bits per heavy atom. The van der Waals surface area contributed by atoms with Crippen molar-refractivity contribution in [2.45, 2.75) is 151 Å². The number of ether oxygens (including phenoxy) is 6. The van der Waals surface area contributed by atoms with Crippen molar-refractivity contribution < 1.29 is 155 Å². The molecule has 2 rings (SSSR count). The Balaban J connectivity index is -0.000000277. The van der Waals surface area contributed by atoms with Gasteiger partial charge in [-0.1, -0.05) is 163 Å². The van der Waals surface area contributed by atoms with Gasteiger partial charge >= 0.3 is 0 Å². The van der Waals surface area contributed by atoms with Gasteiger partial charge in [0.1, 0.15) is 20.4 Å². The molecule has 0 aliphatic carbocycles. The van der Waals surface area contributed by atoms with Crippen molar-refractivity contribution in [3.63, 3.8) is 0 Å². The molecular weight excluding hydrogens is 1690 g/mol. The second-order valence-electron chi connectivity index (χ2n) is 17.3. The van der Waals surface area contributed by atoms with Gasteiger partial charge in [0.05, 0.1) is 0 Å². The van der Waals surface area contributed by atoms with Crippen LogP contribution in [-0.4, -0.2) is 60.0 Å². The van der Waals surface area contributed by atoms with Crippen LogP contribution in [0.1, 0.15) is 151 Å². The molecular formula is C41H82O6W6-6. The van der Waals surface area contributed by atoms with E-state index < -0.39 is 0 Å². The predicted molar refractivity (Wildman–Crippen MR) is 202 cm³/mol. The molecule has 0 amide bonds. The van der Waals surface area contributed by atoms with E-state index in [1.807, 2.05) is 0 Å². The minimum Gasteiger partial charge on any atom is -0.387 e. The average Bonchev–Trinajstić information content (AvgIpc) is 2.81. The molecule has 53 heavy (non-hydrogen) atoms. The number of rotatable bonds is 2. The van der Waals surface area contributed by atoms with Crippen LogP contribution in [0.25, 0.3) is 0 Å². The molecule has 2 bridgehead atoms. The van der Waals surface area contributed by atoms with Gasteiger partial charge in [0.15, 0.2) is 0 Å². The summed E-state index contributed by atoms with van der Waals surface area (Å²) in [6.07, 6.45) is 5.36. The van der Waals surface area contributed by atoms with Gasteiger partial charge < -0.3 is 89.6 Å². The van der Waals surface area contributed by atoms with Crippen LogP contribution in [0.2, 0.25) is 0 Å². The SMILES string of the molecule is C.C.C.C.CC(C)(C)C[C-]1COCOC[C-](CC(C)(C)C)C[C-]2COCOC[C-](C1)C[C-](C(C)(C)C)COCOC[C-](C(C)(C)C)C2.[W].[W].[W].[W].[W].[W]. The minimum absolute atomic E-state index is 0. The maximum Gasteiger partial charge on any atom is 0.139 e. The molecule has 0 unspecified atom stereocenters. The first-order valence-corrected chi connectivity index (χ1v) is 16.3. The molecule has 0 saturated carbocycles. The van der Waals surface area contributed by atoms with Crippen molar-refractivity contribution in [3.8, 4) is 0 Å². The molecule has 0 aromatic heterocycles. The zero-order valence-corrected chi connectivity index (χ0v) is 50.1. The Bertz CT molecular complexity index is 708. The third-order valence-corrected chi connectivity index (χ3v) is 7.89. The van der Waals surface area contributed by atoms with Gasteiger partial charge in [-0.15, -0.1) is 0 Å². The Kier molecular flexibility index (Phi) is 55.0. The molecule has 2 aliphatic rings. The van der Waals surface area contributed by atoms with E-state index in [0.717, 1.165) is 38.5 Å². The fourth-order valence-corrected chi connectivity index (χ4v) is 5.78. The Morgan fingerprint density at radius 3 is 0.849 bits per heavy atom. The van der Waals surface area contributed by atoms with Crippen LogP contribution in [0, 0.1) is 57.2 Å². The first kappa shape index (κ1) is 77.5. The Hall–Kier alpha value is 3.89. The number of hydrogen-bond donors (Lipinski definition) is 0. The first-order chi connectivity index (χ1) is 19.8. The van der Waals surface area contributed by atoms with Crippen molar-refractivity contribution >= 4 is 0 Å². The number of fused-ring (bicyclic) bond motifs is 6. The molecule has 0 radical (unpaired) electrons. The molecule has 6 nitrogen and oxygen atoms in total. The van der Waals surface area contributed by atoms with Gasteiger partial charge in [-0.3, -0.25) is 0 Å². The van der Waals surface area contributed by atoms with Crippen molar-refractivity contribution in [2.24, 2.45) is 21.7 Å². The Morgan fingerprint density at radius 1 is 0.358 bits per heavy atom. The summed E-state index contributed by atoms with van der Waals surface area (Å²) in [5.41, 5.74) is 0.297. The van der Waals surface area contributed by atoms with E-state index in [0.29, 0.717) is 46.4 Å². The van der Waals surface area contributed by atoms with Crippen molar-refractivity contribution in [3.05, 3.63) is 35.5 Å². The van der Waals surface area contributed by atoms with Crippen molar-refractivity contribution in [2.75, 3.05) is 60.0 Å². The van der Waals surface area contributed by atoms with Gasteiger partial charge in [0.2, 0.25) is 0 Å². The molecule has 2 heterocycles. The summed E-state index contributed by atoms with van der Waals surface area (Å²) in [6, 6.07) is 0. The fourth-order valence-electron chi connectivity index (χ4n) is 5.78. The first-order valence-electron chi connectivity index (χ1n) is 16.3. The summed E-state index contributed by atoms with van der Waals surface area (Å²) < 4.78 is 37.2. The smallest absolute Gasteiger partial charge is 0.139 e. The predicted octanol–water partition coefficient (Wildman–Crippen LogP) is 11.5. The third kappa shape index (κ3) is 37.4. The number of hydrogen-bond acceptors (Lipinski definition) is 6. The second-order valence-corrected chi connectivity index (χ2v) is 17.3. The molecule has 2 aliphatic heterocycles. The molecule has 2 fully saturated rings. The molecule has 2 saturated heterocycles. The zero-order valence-electron chi connectivity index (χ0n) is 32.5. The third-order valence-electron chi connectivity index (χ3n) is 7.89. The van der Waals surface area contributed by atoms with E-state index in [1.165, 1.54) is 35.5 Å². The molecule has 0 spiro atoms. The van der Waals surface area contributed by atoms with Crippen molar-refractivity contribution in [1.29, 1.82) is 0 Å². The fraction of sp³-hybridized carbons (Fsp3) is 0.854. The largest absolute Gasteiger partial charge is 0.387 e. The maximum atomic E-state index is 6.24. The van der Waals surface area contributed by atoms with Crippen LogP contribution in [0.4, 0.5) is 0 Å². The van der Waals surface area contributed by atoms with E-state index in [2.05, 4.69) is 83.1 Å². The van der Waals surface area contributed by atoms with Crippen LogP contribution in [0.3, 0.4) is 0 Å².